The molecule has 0 aliphatic carbocycles. The fourth-order valence-electron chi connectivity index (χ4n) is 4.40. The highest BCUT2D eigenvalue weighted by atomic mass is 16.5. The van der Waals surface area contributed by atoms with E-state index in [4.69, 9.17) is 13.9 Å². The molecule has 1 aliphatic heterocycles. The van der Waals surface area contributed by atoms with Crippen molar-refractivity contribution in [3.63, 3.8) is 0 Å². The maximum Gasteiger partial charge on any atom is 0.291 e. The quantitative estimate of drug-likeness (QED) is 0.379. The summed E-state index contributed by atoms with van der Waals surface area (Å²) in [4.78, 5) is 33.1. The predicted molar refractivity (Wildman–Crippen MR) is 132 cm³/mol. The second kappa shape index (κ2) is 9.25. The number of pyridine rings is 1. The number of nitrogens with zero attached hydrogens (tertiary/aromatic N) is 2. The number of hydrogen-bond acceptors (Lipinski definition) is 6. The van der Waals surface area contributed by atoms with Crippen LogP contribution in [0, 0.1) is 5.92 Å². The number of fused-ring (bicyclic) bond motifs is 2. The Morgan fingerprint density at radius 3 is 2.63 bits per heavy atom. The monoisotopic (exact) mass is 470 g/mol. The highest BCUT2D eigenvalue weighted by Crippen LogP contribution is 2.41. The van der Waals surface area contributed by atoms with Crippen molar-refractivity contribution in [2.24, 2.45) is 5.92 Å². The van der Waals surface area contributed by atoms with Gasteiger partial charge in [0.25, 0.3) is 5.91 Å². The Kier molecular flexibility index (Phi) is 5.99. The summed E-state index contributed by atoms with van der Waals surface area (Å²) in [5, 5.41) is 0.441. The van der Waals surface area contributed by atoms with Crippen LogP contribution in [0.3, 0.4) is 0 Å². The summed E-state index contributed by atoms with van der Waals surface area (Å²) in [6, 6.07) is 15.6. The molecule has 0 bridgehead atoms. The number of rotatable bonds is 7. The van der Waals surface area contributed by atoms with Gasteiger partial charge in [-0.3, -0.25) is 14.6 Å². The smallest absolute Gasteiger partial charge is 0.291 e. The number of ether oxygens (including phenoxy) is 2. The lowest BCUT2D eigenvalue weighted by Gasteiger charge is -2.26. The summed E-state index contributed by atoms with van der Waals surface area (Å²) in [5.74, 6) is 1.23. The van der Waals surface area contributed by atoms with Crippen molar-refractivity contribution in [3.8, 4) is 11.5 Å². The summed E-state index contributed by atoms with van der Waals surface area (Å²) in [6.45, 7) is 4.96. The van der Waals surface area contributed by atoms with Gasteiger partial charge < -0.3 is 18.8 Å². The van der Waals surface area contributed by atoms with E-state index in [1.54, 1.807) is 48.7 Å². The van der Waals surface area contributed by atoms with E-state index in [1.165, 1.54) is 0 Å². The third-order valence-electron chi connectivity index (χ3n) is 6.02. The molecule has 35 heavy (non-hydrogen) atoms. The molecular weight excluding hydrogens is 444 g/mol. The first kappa shape index (κ1) is 22.7. The number of carbonyl (C=O) groups excluding carboxylic acids is 1. The van der Waals surface area contributed by atoms with Crippen LogP contribution in [0.1, 0.15) is 47.1 Å². The molecule has 0 spiro atoms. The summed E-state index contributed by atoms with van der Waals surface area (Å²) < 4.78 is 17.5. The van der Waals surface area contributed by atoms with Crippen LogP contribution >= 0.6 is 0 Å². The molecule has 2 aromatic carbocycles. The molecule has 0 radical (unpaired) electrons. The van der Waals surface area contributed by atoms with Gasteiger partial charge in [-0.2, -0.15) is 0 Å². The van der Waals surface area contributed by atoms with Gasteiger partial charge in [0.15, 0.2) is 16.9 Å². The molecule has 1 amide bonds. The van der Waals surface area contributed by atoms with Crippen LogP contribution in [0.25, 0.3) is 11.0 Å². The summed E-state index contributed by atoms with van der Waals surface area (Å²) >= 11 is 0. The number of para-hydroxylation sites is 1. The predicted octanol–water partition coefficient (Wildman–Crippen LogP) is 4.98. The molecule has 7 heteroatoms. The molecule has 0 N–H and O–H groups in total. The van der Waals surface area contributed by atoms with Gasteiger partial charge >= 0.3 is 0 Å². The average molecular weight is 471 g/mol. The lowest BCUT2D eigenvalue weighted by Crippen LogP contribution is -2.29. The van der Waals surface area contributed by atoms with Gasteiger partial charge in [-0.1, -0.05) is 38.1 Å². The zero-order chi connectivity index (χ0) is 24.5. The largest absolute Gasteiger partial charge is 0.493 e. The zero-order valence-corrected chi connectivity index (χ0v) is 19.9. The fraction of sp³-hybridized carbons (Fsp3) is 0.250. The minimum atomic E-state index is -0.647. The molecule has 1 atom stereocenters. The highest BCUT2D eigenvalue weighted by Gasteiger charge is 2.43. The van der Waals surface area contributed by atoms with Gasteiger partial charge in [-0.25, -0.2) is 0 Å². The molecule has 1 aliphatic rings. The molecule has 0 saturated carbocycles. The first-order valence-electron chi connectivity index (χ1n) is 11.5. The lowest BCUT2D eigenvalue weighted by molar-refractivity contribution is 0.0714. The maximum atomic E-state index is 13.6. The van der Waals surface area contributed by atoms with Crippen molar-refractivity contribution in [2.75, 3.05) is 13.7 Å². The number of methoxy groups -OCH3 is 1. The van der Waals surface area contributed by atoms with Crippen LogP contribution in [-0.4, -0.2) is 29.5 Å². The summed E-state index contributed by atoms with van der Waals surface area (Å²) in [6.07, 6.45) is 3.39. The van der Waals surface area contributed by atoms with Crippen LogP contribution in [0.2, 0.25) is 0 Å². The number of amides is 1. The number of carbonyl (C=O) groups is 1. The minimum Gasteiger partial charge on any atom is -0.493 e. The molecule has 4 aromatic rings. The van der Waals surface area contributed by atoms with Crippen LogP contribution < -0.4 is 14.9 Å². The third-order valence-corrected chi connectivity index (χ3v) is 6.02. The van der Waals surface area contributed by atoms with Crippen molar-refractivity contribution in [2.45, 2.75) is 26.4 Å². The normalized spacial score (nSPS) is 15.0. The van der Waals surface area contributed by atoms with Crippen molar-refractivity contribution in [1.82, 2.24) is 9.88 Å². The second-order valence-corrected chi connectivity index (χ2v) is 8.98. The molecule has 5 rings (SSSR count). The second-order valence-electron chi connectivity index (χ2n) is 8.98. The highest BCUT2D eigenvalue weighted by molar-refractivity contribution is 5.99. The van der Waals surface area contributed by atoms with Crippen LogP contribution in [-0.2, 0) is 6.54 Å². The number of hydrogen-bond donors (Lipinski definition) is 0. The van der Waals surface area contributed by atoms with Crippen LogP contribution in [0.4, 0.5) is 0 Å². The summed E-state index contributed by atoms with van der Waals surface area (Å²) in [5.41, 5.74) is 2.09. The molecule has 178 valence electrons. The van der Waals surface area contributed by atoms with E-state index in [2.05, 4.69) is 18.8 Å². The van der Waals surface area contributed by atoms with E-state index in [1.807, 2.05) is 30.3 Å². The molecule has 2 aromatic heterocycles. The lowest BCUT2D eigenvalue weighted by atomic mass is 9.98. The molecule has 3 heterocycles. The van der Waals surface area contributed by atoms with E-state index in [-0.39, 0.29) is 23.6 Å². The fourth-order valence-corrected chi connectivity index (χ4v) is 4.40. The third kappa shape index (κ3) is 4.14. The first-order chi connectivity index (χ1) is 17.0. The van der Waals surface area contributed by atoms with Gasteiger partial charge in [0.1, 0.15) is 5.58 Å². The molecule has 1 unspecified atom stereocenters. The Hall–Kier alpha value is -4.13. The summed E-state index contributed by atoms with van der Waals surface area (Å²) in [7, 11) is 1.57. The van der Waals surface area contributed by atoms with Crippen LogP contribution in [0.15, 0.2) is 76.2 Å². The van der Waals surface area contributed by atoms with Crippen molar-refractivity contribution in [1.29, 1.82) is 0 Å². The van der Waals surface area contributed by atoms with Crippen molar-refractivity contribution in [3.05, 3.63) is 99.7 Å². The van der Waals surface area contributed by atoms with Crippen LogP contribution in [0.5, 0.6) is 11.5 Å². The zero-order valence-electron chi connectivity index (χ0n) is 19.9. The molecule has 0 fully saturated rings. The van der Waals surface area contributed by atoms with Gasteiger partial charge in [-0.05, 0) is 47.4 Å². The van der Waals surface area contributed by atoms with Crippen molar-refractivity contribution < 1.29 is 18.7 Å². The standard InChI is InChI=1S/C28H26N2O5/c1-17(2)16-34-22-11-10-19(13-23(22)33-3)25-24-26(31)20-8-4-5-9-21(20)35-27(24)28(32)30(25)15-18-7-6-12-29-14-18/h4-14,17,25H,15-16H2,1-3H3. The Morgan fingerprint density at radius 2 is 1.89 bits per heavy atom. The van der Waals surface area contributed by atoms with E-state index >= 15 is 0 Å². The van der Waals surface area contributed by atoms with Gasteiger partial charge in [0.2, 0.25) is 5.76 Å². The maximum absolute atomic E-state index is 13.6. The van der Waals surface area contributed by atoms with Gasteiger partial charge in [0, 0.05) is 18.9 Å². The molecule has 0 saturated heterocycles. The van der Waals surface area contributed by atoms with E-state index in [0.29, 0.717) is 40.6 Å². The first-order valence-corrected chi connectivity index (χ1v) is 11.5. The SMILES string of the molecule is COc1cc(C2c3c(oc4ccccc4c3=O)C(=O)N2Cc2cccnc2)ccc1OCC(C)C. The van der Waals surface area contributed by atoms with Gasteiger partial charge in [-0.15, -0.1) is 0 Å². The van der Waals surface area contributed by atoms with Crippen molar-refractivity contribution >= 4 is 16.9 Å². The average Bonchev–Trinajstić information content (AvgIpc) is 3.15. The Morgan fingerprint density at radius 1 is 1.06 bits per heavy atom. The Labute approximate surface area is 202 Å². The Bertz CT molecular complexity index is 1450. The number of benzene rings is 2. The topological polar surface area (TPSA) is 81.9 Å². The molecular formula is C28H26N2O5. The van der Waals surface area contributed by atoms with Gasteiger partial charge in [0.05, 0.1) is 30.7 Å². The van der Waals surface area contributed by atoms with E-state index in [0.717, 1.165) is 11.1 Å². The molecule has 7 nitrogen and oxygen atoms in total. The number of aromatic nitrogens is 1. The minimum absolute atomic E-state index is 0.0710. The Balaban J connectivity index is 1.66. The van der Waals surface area contributed by atoms with E-state index < -0.39 is 6.04 Å². The van der Waals surface area contributed by atoms with E-state index in [9.17, 15) is 9.59 Å².